The van der Waals surface area contributed by atoms with E-state index in [0.717, 1.165) is 0 Å². The molecule has 0 atom stereocenters. The van der Waals surface area contributed by atoms with Crippen LogP contribution in [-0.2, 0) is 24.0 Å². The van der Waals surface area contributed by atoms with Crippen LogP contribution in [0.25, 0.3) is 0 Å². The minimum absolute atomic E-state index is 0. The number of anilines is 3. The van der Waals surface area contributed by atoms with Gasteiger partial charge in [-0.15, -0.1) is 0 Å². The minimum Gasteiger partial charge on any atom is -0.790 e. The fourth-order valence-electron chi connectivity index (χ4n) is 0.427. The standard InChI is InChI=1S/C3H6N6.H3O4P.Zn/c4-1-7-2(5)9-3(6)8-1;1-5(2,3)4;/h(H6,4,5,6,7,8,9);(H3,1,2,3,4);/q;;+2/p-2. The molecule has 0 radical (unpaired) electrons. The summed E-state index contributed by atoms with van der Waals surface area (Å²) in [6.45, 7) is 0. The van der Waals surface area contributed by atoms with E-state index in [9.17, 15) is 0 Å². The van der Waals surface area contributed by atoms with Crippen LogP contribution < -0.4 is 27.0 Å². The van der Waals surface area contributed by atoms with Crippen LogP contribution in [-0.4, -0.2) is 19.8 Å². The van der Waals surface area contributed by atoms with Crippen LogP contribution in [0, 0.1) is 0 Å². The van der Waals surface area contributed by atoms with Gasteiger partial charge in [0.05, 0.1) is 7.82 Å². The molecule has 0 aliphatic heterocycles. The summed E-state index contributed by atoms with van der Waals surface area (Å²) in [5.41, 5.74) is 15.4. The van der Waals surface area contributed by atoms with Crippen molar-refractivity contribution in [2.24, 2.45) is 0 Å². The maximum Gasteiger partial charge on any atom is 2.00 e. The molecule has 0 fully saturated rings. The SMILES string of the molecule is Nc1nc(N)nc(N)n1.O=P([O-])([O-])O.[Zn+2]. The first-order valence-electron chi connectivity index (χ1n) is 2.96. The second-order valence-corrected chi connectivity index (χ2v) is 2.82. The van der Waals surface area contributed by atoms with Gasteiger partial charge in [0.25, 0.3) is 0 Å². The van der Waals surface area contributed by atoms with Crippen LogP contribution in [0.3, 0.4) is 0 Å². The second-order valence-electron chi connectivity index (χ2n) is 1.88. The molecule has 15 heavy (non-hydrogen) atoms. The topological polar surface area (TPSA) is 200 Å². The Hall–Kier alpha value is -0.857. The predicted molar refractivity (Wildman–Crippen MR) is 42.9 cm³/mol. The number of nitrogens with two attached hydrogens (primary N) is 3. The molecular weight excluding hydrogens is 280 g/mol. The molecule has 0 amide bonds. The average Bonchev–Trinajstić information content (AvgIpc) is 1.77. The van der Waals surface area contributed by atoms with E-state index >= 15 is 0 Å². The molecule has 0 saturated carbocycles. The Morgan fingerprint density at radius 2 is 1.13 bits per heavy atom. The molecule has 12 heteroatoms. The summed E-state index contributed by atoms with van der Waals surface area (Å²) < 4.78 is 8.66. The Bertz CT molecular complexity index is 297. The van der Waals surface area contributed by atoms with Crippen LogP contribution in [0.2, 0.25) is 0 Å². The van der Waals surface area contributed by atoms with Gasteiger partial charge in [0.2, 0.25) is 17.8 Å². The minimum atomic E-state index is -5.14. The molecular formula is C3H7N6O4PZn. The van der Waals surface area contributed by atoms with Crippen molar-refractivity contribution in [3.63, 3.8) is 0 Å². The Balaban J connectivity index is 0. The van der Waals surface area contributed by atoms with Crippen LogP contribution >= 0.6 is 7.82 Å². The number of rotatable bonds is 0. The largest absolute Gasteiger partial charge is 2.00 e. The van der Waals surface area contributed by atoms with Crippen molar-refractivity contribution in [2.45, 2.75) is 0 Å². The van der Waals surface area contributed by atoms with E-state index in [0.29, 0.717) is 0 Å². The third-order valence-electron chi connectivity index (χ3n) is 0.687. The van der Waals surface area contributed by atoms with Crippen molar-refractivity contribution < 1.29 is 38.7 Å². The van der Waals surface area contributed by atoms with Gasteiger partial charge in [0.15, 0.2) is 0 Å². The Kier molecular flexibility index (Phi) is 7.28. The molecule has 1 aromatic heterocycles. The van der Waals surface area contributed by atoms with Crippen molar-refractivity contribution in [1.29, 1.82) is 0 Å². The average molecular weight is 287 g/mol. The van der Waals surface area contributed by atoms with Crippen molar-refractivity contribution in [3.05, 3.63) is 0 Å². The summed E-state index contributed by atoms with van der Waals surface area (Å²) in [5, 5.41) is 0. The third kappa shape index (κ3) is 13.1. The van der Waals surface area contributed by atoms with Crippen LogP contribution in [0.15, 0.2) is 0 Å². The fourth-order valence-corrected chi connectivity index (χ4v) is 0.427. The number of aromatic nitrogens is 3. The molecule has 0 saturated heterocycles. The zero-order valence-electron chi connectivity index (χ0n) is 7.40. The maximum atomic E-state index is 8.66. The summed E-state index contributed by atoms with van der Waals surface area (Å²) in [4.78, 5) is 34.7. The molecule has 10 nitrogen and oxygen atoms in total. The van der Waals surface area contributed by atoms with E-state index < -0.39 is 7.82 Å². The Morgan fingerprint density at radius 3 is 1.27 bits per heavy atom. The Labute approximate surface area is 96.9 Å². The van der Waals surface area contributed by atoms with Gasteiger partial charge in [-0.3, -0.25) is 0 Å². The van der Waals surface area contributed by atoms with E-state index in [1.54, 1.807) is 0 Å². The molecule has 0 aliphatic carbocycles. The molecule has 0 aliphatic rings. The summed E-state index contributed by atoms with van der Waals surface area (Å²) in [7, 11) is -5.14. The van der Waals surface area contributed by atoms with E-state index in [4.69, 9.17) is 36.4 Å². The van der Waals surface area contributed by atoms with Gasteiger partial charge in [-0.05, 0) is 0 Å². The summed E-state index contributed by atoms with van der Waals surface area (Å²) >= 11 is 0. The predicted octanol–water partition coefficient (Wildman–Crippen LogP) is -3.58. The second kappa shape index (κ2) is 6.59. The van der Waals surface area contributed by atoms with Crippen LogP contribution in [0.5, 0.6) is 0 Å². The smallest absolute Gasteiger partial charge is 0.790 e. The van der Waals surface area contributed by atoms with Gasteiger partial charge < -0.3 is 36.4 Å². The van der Waals surface area contributed by atoms with E-state index in [2.05, 4.69) is 15.0 Å². The van der Waals surface area contributed by atoms with E-state index in [1.807, 2.05) is 0 Å². The normalized spacial score (nSPS) is 9.53. The molecule has 7 N–H and O–H groups in total. The molecule has 0 bridgehead atoms. The van der Waals surface area contributed by atoms with Crippen molar-refractivity contribution in [2.75, 3.05) is 17.2 Å². The third-order valence-corrected chi connectivity index (χ3v) is 0.687. The van der Waals surface area contributed by atoms with Crippen LogP contribution in [0.1, 0.15) is 0 Å². The fraction of sp³-hybridized carbons (Fsp3) is 0. The van der Waals surface area contributed by atoms with Gasteiger partial charge in [0, 0.05) is 0 Å². The first-order valence-corrected chi connectivity index (χ1v) is 4.45. The monoisotopic (exact) mass is 286 g/mol. The summed E-state index contributed by atoms with van der Waals surface area (Å²) in [5.74, 6) is 0.125. The first kappa shape index (κ1) is 16.6. The zero-order valence-corrected chi connectivity index (χ0v) is 11.3. The molecule has 80 valence electrons. The number of nitrogens with zero attached hydrogens (tertiary/aromatic N) is 3. The number of hydrogen-bond donors (Lipinski definition) is 4. The van der Waals surface area contributed by atoms with Gasteiger partial charge in [-0.1, -0.05) is 0 Å². The van der Waals surface area contributed by atoms with Gasteiger partial charge in [-0.25, -0.2) is 0 Å². The molecule has 0 aromatic carbocycles. The molecule has 0 spiro atoms. The molecule has 0 unspecified atom stereocenters. The van der Waals surface area contributed by atoms with Gasteiger partial charge in [0.1, 0.15) is 0 Å². The maximum absolute atomic E-state index is 8.66. The number of hydrogen-bond acceptors (Lipinski definition) is 9. The zero-order chi connectivity index (χ0) is 11.4. The van der Waals surface area contributed by atoms with Gasteiger partial charge >= 0.3 is 19.5 Å². The van der Waals surface area contributed by atoms with E-state index in [1.165, 1.54) is 0 Å². The number of nitrogen functional groups attached to an aromatic ring is 3. The quantitative estimate of drug-likeness (QED) is 0.273. The van der Waals surface area contributed by atoms with Crippen molar-refractivity contribution in [3.8, 4) is 0 Å². The Morgan fingerprint density at radius 1 is 1.00 bits per heavy atom. The van der Waals surface area contributed by atoms with Crippen LogP contribution in [0.4, 0.5) is 17.8 Å². The van der Waals surface area contributed by atoms with E-state index in [-0.39, 0.29) is 37.3 Å². The summed E-state index contributed by atoms with van der Waals surface area (Å²) in [6.07, 6.45) is 0. The van der Waals surface area contributed by atoms with Gasteiger partial charge in [-0.2, -0.15) is 15.0 Å². The molecule has 1 aromatic rings. The summed E-state index contributed by atoms with van der Waals surface area (Å²) in [6, 6.07) is 0. The van der Waals surface area contributed by atoms with Crippen molar-refractivity contribution in [1.82, 2.24) is 15.0 Å². The van der Waals surface area contributed by atoms with Crippen molar-refractivity contribution >= 4 is 25.7 Å². The first-order chi connectivity index (χ1) is 6.18. The molecule has 1 rings (SSSR count). The molecule has 1 heterocycles. The number of phosphoric acid groups is 1.